The predicted molar refractivity (Wildman–Crippen MR) is 156 cm³/mol. The Kier molecular flexibility index (Phi) is 12.5. The summed E-state index contributed by atoms with van der Waals surface area (Å²) < 4.78 is 9.92. The molecule has 41 heavy (non-hydrogen) atoms. The SMILES string of the molecule is CC[C@@H](Cc1ccc2ccccc2c1)C(=O)O.C[C@@H](O)[C@H](NC(=O)OC(C)(C)C)C(=O)OCC(=O)c1ccccc1. The van der Waals surface area contributed by atoms with Crippen LogP contribution in [0.25, 0.3) is 10.8 Å². The molecule has 3 N–H and O–H groups in total. The van der Waals surface area contributed by atoms with Gasteiger partial charge < -0.3 is 25.0 Å². The fourth-order valence-corrected chi connectivity index (χ4v) is 3.80. The van der Waals surface area contributed by atoms with Crippen molar-refractivity contribution in [2.45, 2.75) is 65.2 Å². The number of carboxylic acids is 1. The molecule has 3 rings (SSSR count). The van der Waals surface area contributed by atoms with Crippen molar-refractivity contribution >= 4 is 34.6 Å². The third-order valence-corrected chi connectivity index (χ3v) is 5.99. The molecule has 0 aliphatic heterocycles. The number of carboxylic acid groups (broad SMARTS) is 1. The highest BCUT2D eigenvalue weighted by atomic mass is 16.6. The summed E-state index contributed by atoms with van der Waals surface area (Å²) in [5.74, 6) is -2.29. The van der Waals surface area contributed by atoms with Crippen LogP contribution in [0.5, 0.6) is 0 Å². The Morgan fingerprint density at radius 3 is 2.07 bits per heavy atom. The molecular weight excluding hydrogens is 526 g/mol. The lowest BCUT2D eigenvalue weighted by Gasteiger charge is -2.24. The average Bonchev–Trinajstić information content (AvgIpc) is 2.92. The molecule has 1 amide bonds. The van der Waals surface area contributed by atoms with Gasteiger partial charge in [-0.1, -0.05) is 79.7 Å². The summed E-state index contributed by atoms with van der Waals surface area (Å²) in [4.78, 5) is 46.6. The molecule has 9 nitrogen and oxygen atoms in total. The molecule has 0 saturated heterocycles. The monoisotopic (exact) mass is 565 g/mol. The van der Waals surface area contributed by atoms with Gasteiger partial charge in [-0.25, -0.2) is 9.59 Å². The number of esters is 1. The smallest absolute Gasteiger partial charge is 0.408 e. The number of aliphatic hydroxyl groups excluding tert-OH is 1. The summed E-state index contributed by atoms with van der Waals surface area (Å²) in [7, 11) is 0. The van der Waals surface area contributed by atoms with Gasteiger partial charge in [0.25, 0.3) is 0 Å². The first kappa shape index (κ1) is 33.0. The zero-order valence-corrected chi connectivity index (χ0v) is 24.1. The van der Waals surface area contributed by atoms with Gasteiger partial charge in [-0.2, -0.15) is 0 Å². The Morgan fingerprint density at radius 1 is 0.902 bits per heavy atom. The Bertz CT molecular complexity index is 1310. The lowest BCUT2D eigenvalue weighted by Crippen LogP contribution is -2.50. The maximum atomic E-state index is 12.0. The second-order valence-corrected chi connectivity index (χ2v) is 10.6. The molecule has 3 aromatic carbocycles. The number of rotatable bonds is 10. The van der Waals surface area contributed by atoms with Crippen LogP contribution in [-0.4, -0.2) is 58.4 Å². The lowest BCUT2D eigenvalue weighted by atomic mass is 9.95. The van der Waals surface area contributed by atoms with Gasteiger partial charge in [-0.05, 0) is 56.9 Å². The van der Waals surface area contributed by atoms with Crippen molar-refractivity contribution in [3.63, 3.8) is 0 Å². The molecule has 3 aromatic rings. The van der Waals surface area contributed by atoms with Gasteiger partial charge in [-0.3, -0.25) is 9.59 Å². The minimum atomic E-state index is -1.33. The van der Waals surface area contributed by atoms with E-state index in [1.807, 2.05) is 25.1 Å². The zero-order chi connectivity index (χ0) is 30.6. The van der Waals surface area contributed by atoms with Crippen molar-refractivity contribution in [3.8, 4) is 0 Å². The molecule has 0 aliphatic carbocycles. The van der Waals surface area contributed by atoms with Crippen LogP contribution in [0.4, 0.5) is 4.79 Å². The maximum Gasteiger partial charge on any atom is 0.408 e. The number of benzene rings is 3. The van der Waals surface area contributed by atoms with Crippen LogP contribution in [-0.2, 0) is 25.5 Å². The Labute approximate surface area is 240 Å². The number of nitrogens with one attached hydrogen (secondary N) is 1. The fourth-order valence-electron chi connectivity index (χ4n) is 3.80. The second-order valence-electron chi connectivity index (χ2n) is 10.6. The summed E-state index contributed by atoms with van der Waals surface area (Å²) in [5, 5.41) is 23.3. The number of hydrogen-bond donors (Lipinski definition) is 3. The van der Waals surface area contributed by atoms with E-state index in [9.17, 15) is 24.3 Å². The number of amides is 1. The molecule has 0 spiro atoms. The summed E-state index contributed by atoms with van der Waals surface area (Å²) in [6.45, 7) is 7.76. The van der Waals surface area contributed by atoms with Gasteiger partial charge in [0.05, 0.1) is 12.0 Å². The lowest BCUT2D eigenvalue weighted by molar-refractivity contribution is -0.147. The van der Waals surface area contributed by atoms with Crippen LogP contribution in [0.1, 0.15) is 57.0 Å². The second kappa shape index (κ2) is 15.5. The van der Waals surface area contributed by atoms with Gasteiger partial charge >= 0.3 is 18.0 Å². The summed E-state index contributed by atoms with van der Waals surface area (Å²) in [6, 6.07) is 21.3. The third-order valence-electron chi connectivity index (χ3n) is 5.99. The number of alkyl carbamates (subject to hydrolysis) is 1. The fraction of sp³-hybridized carbons (Fsp3) is 0.375. The highest BCUT2D eigenvalue weighted by Crippen LogP contribution is 2.19. The van der Waals surface area contributed by atoms with Gasteiger partial charge in [0.2, 0.25) is 0 Å². The number of ketones is 1. The Balaban J connectivity index is 0.000000303. The molecule has 0 heterocycles. The van der Waals surface area contributed by atoms with Crippen LogP contribution in [0, 0.1) is 5.92 Å². The largest absolute Gasteiger partial charge is 0.481 e. The van der Waals surface area contributed by atoms with Crippen molar-refractivity contribution in [1.82, 2.24) is 5.32 Å². The van der Waals surface area contributed by atoms with E-state index in [1.165, 1.54) is 17.7 Å². The molecule has 9 heteroatoms. The predicted octanol–water partition coefficient (Wildman–Crippen LogP) is 5.18. The highest BCUT2D eigenvalue weighted by Gasteiger charge is 2.30. The molecule has 3 atom stereocenters. The third kappa shape index (κ3) is 11.4. The number of aliphatic hydroxyl groups is 1. The van der Waals surface area contributed by atoms with Crippen LogP contribution < -0.4 is 5.32 Å². The number of carbonyl (C=O) groups excluding carboxylic acids is 3. The van der Waals surface area contributed by atoms with E-state index in [4.69, 9.17) is 14.6 Å². The maximum absolute atomic E-state index is 12.0. The van der Waals surface area contributed by atoms with E-state index in [0.717, 1.165) is 5.56 Å². The minimum Gasteiger partial charge on any atom is -0.481 e. The van der Waals surface area contributed by atoms with E-state index >= 15 is 0 Å². The number of ether oxygens (including phenoxy) is 2. The van der Waals surface area contributed by atoms with Crippen molar-refractivity contribution in [2.24, 2.45) is 5.92 Å². The summed E-state index contributed by atoms with van der Waals surface area (Å²) in [5.41, 5.74) is 0.748. The number of Topliss-reactive ketones (excluding diaryl/α,β-unsaturated/α-hetero) is 1. The van der Waals surface area contributed by atoms with Gasteiger partial charge in [-0.15, -0.1) is 0 Å². The summed E-state index contributed by atoms with van der Waals surface area (Å²) >= 11 is 0. The van der Waals surface area contributed by atoms with Crippen LogP contribution in [0.15, 0.2) is 72.8 Å². The van der Waals surface area contributed by atoms with Crippen molar-refractivity contribution in [3.05, 3.63) is 83.9 Å². The Morgan fingerprint density at radius 2 is 1.51 bits per heavy atom. The van der Waals surface area contributed by atoms with Crippen LogP contribution in [0.2, 0.25) is 0 Å². The van der Waals surface area contributed by atoms with Crippen molar-refractivity contribution < 1.29 is 38.9 Å². The molecular formula is C32H39NO8. The quantitative estimate of drug-likeness (QED) is 0.226. The molecule has 0 saturated carbocycles. The zero-order valence-electron chi connectivity index (χ0n) is 24.1. The number of carbonyl (C=O) groups is 4. The van der Waals surface area contributed by atoms with Crippen LogP contribution >= 0.6 is 0 Å². The van der Waals surface area contributed by atoms with Crippen molar-refractivity contribution in [1.29, 1.82) is 0 Å². The molecule has 0 fully saturated rings. The van der Waals surface area contributed by atoms with E-state index in [-0.39, 0.29) is 11.7 Å². The molecule has 0 radical (unpaired) electrons. The highest BCUT2D eigenvalue weighted by molar-refractivity contribution is 5.98. The molecule has 0 unspecified atom stereocenters. The number of fused-ring (bicyclic) bond motifs is 1. The molecule has 220 valence electrons. The topological polar surface area (TPSA) is 139 Å². The molecule has 0 bridgehead atoms. The summed E-state index contributed by atoms with van der Waals surface area (Å²) in [6.07, 6.45) is -0.796. The molecule has 0 aliphatic rings. The van der Waals surface area contributed by atoms with Gasteiger partial charge in [0, 0.05) is 5.56 Å². The van der Waals surface area contributed by atoms with Crippen LogP contribution in [0.3, 0.4) is 0 Å². The number of hydrogen-bond acceptors (Lipinski definition) is 7. The molecule has 0 aromatic heterocycles. The average molecular weight is 566 g/mol. The standard InChI is InChI=1S/C17H23NO6.C15H16O2/c1-11(19)14(18-16(22)24-17(2,3)4)15(21)23-10-13(20)12-8-6-5-7-9-12;1-2-12(15(16)17)9-11-7-8-13-5-3-4-6-14(13)10-11/h5-9,11,14,19H,10H2,1-4H3,(H,18,22);3-8,10,12H,2,9H2,1H3,(H,16,17)/t11-,14+;12-/m10/s1. The number of aliphatic carboxylic acids is 1. The first-order chi connectivity index (χ1) is 19.3. The first-order valence-electron chi connectivity index (χ1n) is 13.4. The van der Waals surface area contributed by atoms with E-state index in [0.29, 0.717) is 18.4 Å². The van der Waals surface area contributed by atoms with E-state index in [1.54, 1.807) is 51.1 Å². The van der Waals surface area contributed by atoms with Gasteiger partial charge in [0.15, 0.2) is 18.4 Å². The van der Waals surface area contributed by atoms with Crippen molar-refractivity contribution in [2.75, 3.05) is 6.61 Å². The van der Waals surface area contributed by atoms with Gasteiger partial charge in [0.1, 0.15) is 5.60 Å². The van der Waals surface area contributed by atoms with E-state index in [2.05, 4.69) is 29.6 Å². The Hall–Kier alpha value is -4.24. The minimum absolute atomic E-state index is 0.281. The first-order valence-corrected chi connectivity index (χ1v) is 13.4. The van der Waals surface area contributed by atoms with E-state index < -0.39 is 42.4 Å². The normalized spacial score (nSPS) is 13.1.